The third-order valence-corrected chi connectivity index (χ3v) is 2.83. The van der Waals surface area contributed by atoms with Gasteiger partial charge in [0, 0.05) is 18.6 Å². The second kappa shape index (κ2) is 5.15. The molecule has 1 rings (SSSR count). The smallest absolute Gasteiger partial charge is 0.246 e. The van der Waals surface area contributed by atoms with E-state index in [1.165, 1.54) is 6.08 Å². The Labute approximate surface area is 86.2 Å². The predicted octanol–water partition coefficient (Wildman–Crippen LogP) is 1.16. The molecule has 1 N–H and O–H groups in total. The van der Waals surface area contributed by atoms with E-state index in [2.05, 4.69) is 25.7 Å². The number of rotatable bonds is 3. The topological polar surface area (TPSA) is 32.3 Å². The third-order valence-electron chi connectivity index (χ3n) is 2.83. The van der Waals surface area contributed by atoms with Crippen LogP contribution in [0.25, 0.3) is 0 Å². The third kappa shape index (κ3) is 2.58. The SMILES string of the molecule is C=CC(=O)N1CCC(NCC)CC1C. The van der Waals surface area contributed by atoms with E-state index in [1.807, 2.05) is 4.90 Å². The lowest BCUT2D eigenvalue weighted by molar-refractivity contribution is -0.129. The fourth-order valence-electron chi connectivity index (χ4n) is 2.09. The first-order valence-corrected chi connectivity index (χ1v) is 5.35. The van der Waals surface area contributed by atoms with Crippen LogP contribution in [0.3, 0.4) is 0 Å². The average molecular weight is 196 g/mol. The Morgan fingerprint density at radius 1 is 1.71 bits per heavy atom. The highest BCUT2D eigenvalue weighted by molar-refractivity contribution is 5.87. The van der Waals surface area contributed by atoms with Crippen molar-refractivity contribution in [3.05, 3.63) is 12.7 Å². The molecule has 0 aliphatic carbocycles. The van der Waals surface area contributed by atoms with Gasteiger partial charge in [0.2, 0.25) is 5.91 Å². The van der Waals surface area contributed by atoms with Crippen LogP contribution in [0.4, 0.5) is 0 Å². The lowest BCUT2D eigenvalue weighted by Gasteiger charge is -2.37. The molecule has 1 heterocycles. The lowest BCUT2D eigenvalue weighted by atomic mass is 9.98. The molecule has 2 unspecified atom stereocenters. The number of likely N-dealkylation sites (tertiary alicyclic amines) is 1. The zero-order valence-corrected chi connectivity index (χ0v) is 9.12. The van der Waals surface area contributed by atoms with Crippen molar-refractivity contribution in [3.8, 4) is 0 Å². The van der Waals surface area contributed by atoms with Crippen LogP contribution in [-0.4, -0.2) is 36.0 Å². The molecule has 1 saturated heterocycles. The van der Waals surface area contributed by atoms with Crippen LogP contribution in [0.1, 0.15) is 26.7 Å². The maximum absolute atomic E-state index is 11.4. The Morgan fingerprint density at radius 2 is 2.43 bits per heavy atom. The Bertz CT molecular complexity index is 215. The minimum absolute atomic E-state index is 0.0625. The first-order valence-electron chi connectivity index (χ1n) is 5.35. The molecule has 1 fully saturated rings. The molecular formula is C11H20N2O. The monoisotopic (exact) mass is 196 g/mol. The zero-order valence-electron chi connectivity index (χ0n) is 9.12. The normalized spacial score (nSPS) is 27.4. The number of piperidine rings is 1. The molecule has 80 valence electrons. The molecule has 3 nitrogen and oxygen atoms in total. The molecule has 0 bridgehead atoms. The van der Waals surface area contributed by atoms with Crippen LogP contribution in [0, 0.1) is 0 Å². The summed E-state index contributed by atoms with van der Waals surface area (Å²) in [6.45, 7) is 9.60. The standard InChI is InChI=1S/C11H20N2O/c1-4-11(14)13-7-6-10(12-5-2)8-9(13)3/h4,9-10,12H,1,5-8H2,2-3H3. The summed E-state index contributed by atoms with van der Waals surface area (Å²) in [5.41, 5.74) is 0. The molecular weight excluding hydrogens is 176 g/mol. The van der Waals surface area contributed by atoms with Crippen molar-refractivity contribution in [2.75, 3.05) is 13.1 Å². The number of amides is 1. The number of hydrogen-bond donors (Lipinski definition) is 1. The van der Waals surface area contributed by atoms with E-state index in [0.29, 0.717) is 12.1 Å². The number of carbonyl (C=O) groups is 1. The van der Waals surface area contributed by atoms with E-state index in [0.717, 1.165) is 25.9 Å². The molecule has 0 aromatic carbocycles. The highest BCUT2D eigenvalue weighted by Crippen LogP contribution is 2.17. The molecule has 0 saturated carbocycles. The molecule has 1 amide bonds. The fourth-order valence-corrected chi connectivity index (χ4v) is 2.09. The summed E-state index contributed by atoms with van der Waals surface area (Å²) in [6, 6.07) is 0.905. The van der Waals surface area contributed by atoms with Gasteiger partial charge in [-0.1, -0.05) is 13.5 Å². The minimum atomic E-state index is 0.0625. The molecule has 14 heavy (non-hydrogen) atoms. The molecule has 1 aliphatic heterocycles. The van der Waals surface area contributed by atoms with Crippen LogP contribution in [0.5, 0.6) is 0 Å². The van der Waals surface area contributed by atoms with Gasteiger partial charge in [-0.3, -0.25) is 4.79 Å². The van der Waals surface area contributed by atoms with Crippen LogP contribution >= 0.6 is 0 Å². The summed E-state index contributed by atoms with van der Waals surface area (Å²) in [4.78, 5) is 13.3. The zero-order chi connectivity index (χ0) is 10.6. The van der Waals surface area contributed by atoms with Gasteiger partial charge in [-0.15, -0.1) is 0 Å². The first-order chi connectivity index (χ1) is 6.69. The average Bonchev–Trinajstić information content (AvgIpc) is 2.17. The Hall–Kier alpha value is -0.830. The van der Waals surface area contributed by atoms with E-state index in [-0.39, 0.29) is 5.91 Å². The maximum atomic E-state index is 11.4. The molecule has 0 radical (unpaired) electrons. The Balaban J connectivity index is 2.47. The fraction of sp³-hybridized carbons (Fsp3) is 0.727. The maximum Gasteiger partial charge on any atom is 0.246 e. The predicted molar refractivity (Wildman–Crippen MR) is 58.1 cm³/mol. The van der Waals surface area contributed by atoms with Gasteiger partial charge in [0.25, 0.3) is 0 Å². The highest BCUT2D eigenvalue weighted by atomic mass is 16.2. The molecule has 0 spiro atoms. The van der Waals surface area contributed by atoms with Crippen molar-refractivity contribution in [1.29, 1.82) is 0 Å². The van der Waals surface area contributed by atoms with E-state index in [1.54, 1.807) is 0 Å². The molecule has 0 aromatic rings. The summed E-state index contributed by atoms with van der Waals surface area (Å²) < 4.78 is 0. The summed E-state index contributed by atoms with van der Waals surface area (Å²) in [5.74, 6) is 0.0625. The van der Waals surface area contributed by atoms with E-state index >= 15 is 0 Å². The van der Waals surface area contributed by atoms with Crippen molar-refractivity contribution in [3.63, 3.8) is 0 Å². The second-order valence-corrected chi connectivity index (χ2v) is 3.86. The van der Waals surface area contributed by atoms with Crippen LogP contribution in [-0.2, 0) is 4.79 Å². The van der Waals surface area contributed by atoms with Gasteiger partial charge in [-0.2, -0.15) is 0 Å². The van der Waals surface area contributed by atoms with Gasteiger partial charge in [-0.05, 0) is 32.4 Å². The Morgan fingerprint density at radius 3 is 2.93 bits per heavy atom. The largest absolute Gasteiger partial charge is 0.336 e. The van der Waals surface area contributed by atoms with Crippen molar-refractivity contribution < 1.29 is 4.79 Å². The molecule has 0 aromatic heterocycles. The van der Waals surface area contributed by atoms with E-state index < -0.39 is 0 Å². The van der Waals surface area contributed by atoms with Gasteiger partial charge in [-0.25, -0.2) is 0 Å². The van der Waals surface area contributed by atoms with Crippen LogP contribution in [0.15, 0.2) is 12.7 Å². The summed E-state index contributed by atoms with van der Waals surface area (Å²) in [5, 5.41) is 3.43. The number of carbonyl (C=O) groups excluding carboxylic acids is 1. The molecule has 3 heteroatoms. The summed E-state index contributed by atoms with van der Waals surface area (Å²) >= 11 is 0. The van der Waals surface area contributed by atoms with Crippen molar-refractivity contribution in [1.82, 2.24) is 10.2 Å². The number of hydrogen-bond acceptors (Lipinski definition) is 2. The molecule has 2 atom stereocenters. The van der Waals surface area contributed by atoms with E-state index in [9.17, 15) is 4.79 Å². The summed E-state index contributed by atoms with van der Waals surface area (Å²) in [6.07, 6.45) is 3.51. The van der Waals surface area contributed by atoms with Gasteiger partial charge in [0.1, 0.15) is 0 Å². The van der Waals surface area contributed by atoms with Crippen molar-refractivity contribution in [2.24, 2.45) is 0 Å². The molecule has 1 aliphatic rings. The van der Waals surface area contributed by atoms with E-state index in [4.69, 9.17) is 0 Å². The summed E-state index contributed by atoms with van der Waals surface area (Å²) in [7, 11) is 0. The second-order valence-electron chi connectivity index (χ2n) is 3.86. The van der Waals surface area contributed by atoms with Crippen molar-refractivity contribution >= 4 is 5.91 Å². The van der Waals surface area contributed by atoms with Gasteiger partial charge < -0.3 is 10.2 Å². The van der Waals surface area contributed by atoms with Gasteiger partial charge in [0.05, 0.1) is 0 Å². The highest BCUT2D eigenvalue weighted by Gasteiger charge is 2.26. The first kappa shape index (κ1) is 11.2. The van der Waals surface area contributed by atoms with Crippen LogP contribution in [0.2, 0.25) is 0 Å². The van der Waals surface area contributed by atoms with Gasteiger partial charge >= 0.3 is 0 Å². The number of nitrogens with zero attached hydrogens (tertiary/aromatic N) is 1. The lowest BCUT2D eigenvalue weighted by Crippen LogP contribution is -2.49. The van der Waals surface area contributed by atoms with Gasteiger partial charge in [0.15, 0.2) is 0 Å². The van der Waals surface area contributed by atoms with Crippen LogP contribution < -0.4 is 5.32 Å². The van der Waals surface area contributed by atoms with Crippen molar-refractivity contribution in [2.45, 2.75) is 38.8 Å². The Kier molecular flexibility index (Phi) is 4.14. The number of nitrogens with one attached hydrogen (secondary N) is 1. The minimum Gasteiger partial charge on any atom is -0.336 e. The quantitative estimate of drug-likeness (QED) is 0.687.